The van der Waals surface area contributed by atoms with Crippen LogP contribution in [0.5, 0.6) is 0 Å². The van der Waals surface area contributed by atoms with Gasteiger partial charge in [-0.2, -0.15) is 5.26 Å². The molecule has 18 heavy (non-hydrogen) atoms. The fourth-order valence-corrected chi connectivity index (χ4v) is 1.39. The van der Waals surface area contributed by atoms with Crippen LogP contribution in [-0.2, 0) is 9.53 Å². The zero-order valence-corrected chi connectivity index (χ0v) is 11.2. The van der Waals surface area contributed by atoms with Gasteiger partial charge in [0, 0.05) is 0 Å². The Hall–Kier alpha value is -1.86. The lowest BCUT2D eigenvalue weighted by atomic mass is 10.1. The van der Waals surface area contributed by atoms with Crippen LogP contribution in [0, 0.1) is 18.3 Å². The van der Waals surface area contributed by atoms with Gasteiger partial charge in [0.05, 0.1) is 16.9 Å². The van der Waals surface area contributed by atoms with E-state index in [0.717, 1.165) is 5.56 Å². The number of hydrogen-bond acceptors (Lipinski definition) is 3. The lowest BCUT2D eigenvalue weighted by molar-refractivity contribution is -0.125. The highest BCUT2D eigenvalue weighted by molar-refractivity contribution is 5.93. The number of nitrogens with zero attached hydrogens (tertiary/aromatic N) is 1. The fraction of sp³-hybridized carbons (Fsp3) is 0.429. The number of rotatable bonds is 3. The molecule has 1 aromatic rings. The quantitative estimate of drug-likeness (QED) is 0.891. The molecule has 0 saturated carbocycles. The molecule has 0 spiro atoms. The highest BCUT2D eigenvalue weighted by Gasteiger charge is 2.14. The second kappa shape index (κ2) is 5.65. The molecule has 0 unspecified atom stereocenters. The first-order valence-electron chi connectivity index (χ1n) is 5.77. The summed E-state index contributed by atoms with van der Waals surface area (Å²) in [6.45, 7) is 7.46. The van der Waals surface area contributed by atoms with Crippen molar-refractivity contribution in [3.63, 3.8) is 0 Å². The van der Waals surface area contributed by atoms with Crippen LogP contribution in [0.3, 0.4) is 0 Å². The second-order valence-corrected chi connectivity index (χ2v) is 5.06. The topological polar surface area (TPSA) is 62.1 Å². The highest BCUT2D eigenvalue weighted by Crippen LogP contribution is 2.18. The van der Waals surface area contributed by atoms with E-state index < -0.39 is 0 Å². The molecule has 4 heteroatoms. The van der Waals surface area contributed by atoms with Crippen LogP contribution in [0.25, 0.3) is 0 Å². The molecule has 1 rings (SSSR count). The van der Waals surface area contributed by atoms with Crippen molar-refractivity contribution >= 4 is 11.6 Å². The van der Waals surface area contributed by atoms with Crippen molar-refractivity contribution in [3.8, 4) is 6.07 Å². The number of hydrogen-bond donors (Lipinski definition) is 1. The molecule has 0 fully saturated rings. The Morgan fingerprint density at radius 2 is 2.11 bits per heavy atom. The van der Waals surface area contributed by atoms with Crippen molar-refractivity contribution in [2.24, 2.45) is 0 Å². The number of benzene rings is 1. The Morgan fingerprint density at radius 1 is 1.44 bits per heavy atom. The van der Waals surface area contributed by atoms with Crippen molar-refractivity contribution < 1.29 is 9.53 Å². The Labute approximate surface area is 108 Å². The number of aryl methyl sites for hydroxylation is 1. The van der Waals surface area contributed by atoms with E-state index in [1.54, 1.807) is 12.1 Å². The van der Waals surface area contributed by atoms with E-state index in [2.05, 4.69) is 11.4 Å². The van der Waals surface area contributed by atoms with E-state index in [0.29, 0.717) is 11.3 Å². The zero-order chi connectivity index (χ0) is 13.8. The molecule has 0 aliphatic rings. The first-order chi connectivity index (χ1) is 8.33. The van der Waals surface area contributed by atoms with Crippen molar-refractivity contribution in [2.45, 2.75) is 33.3 Å². The Morgan fingerprint density at radius 3 is 2.67 bits per heavy atom. The largest absolute Gasteiger partial charge is 0.366 e. The van der Waals surface area contributed by atoms with Crippen molar-refractivity contribution in [2.75, 3.05) is 11.9 Å². The molecule has 1 amide bonds. The van der Waals surface area contributed by atoms with Crippen LogP contribution >= 0.6 is 0 Å². The van der Waals surface area contributed by atoms with Gasteiger partial charge in [0.2, 0.25) is 5.91 Å². The number of carbonyl (C=O) groups is 1. The highest BCUT2D eigenvalue weighted by atomic mass is 16.5. The minimum absolute atomic E-state index is 0.0255. The van der Waals surface area contributed by atoms with Gasteiger partial charge in [0.15, 0.2) is 0 Å². The summed E-state index contributed by atoms with van der Waals surface area (Å²) in [4.78, 5) is 11.7. The van der Waals surface area contributed by atoms with Gasteiger partial charge in [-0.1, -0.05) is 12.1 Å². The molecule has 0 heterocycles. The Balaban J connectivity index is 2.72. The van der Waals surface area contributed by atoms with Crippen LogP contribution < -0.4 is 5.32 Å². The number of nitriles is 1. The lowest BCUT2D eigenvalue weighted by Gasteiger charge is -2.19. The van der Waals surface area contributed by atoms with Crippen LogP contribution in [0.4, 0.5) is 5.69 Å². The van der Waals surface area contributed by atoms with Crippen LogP contribution in [0.15, 0.2) is 18.2 Å². The number of carbonyl (C=O) groups excluding carboxylic acids is 1. The molecule has 0 radical (unpaired) electrons. The van der Waals surface area contributed by atoms with E-state index in [4.69, 9.17) is 10.00 Å². The summed E-state index contributed by atoms with van der Waals surface area (Å²) in [7, 11) is 0. The fourth-order valence-electron chi connectivity index (χ4n) is 1.39. The predicted molar refractivity (Wildman–Crippen MR) is 70.2 cm³/mol. The number of ether oxygens (including phenoxy) is 1. The summed E-state index contributed by atoms with van der Waals surface area (Å²) in [6.07, 6.45) is 0. The van der Waals surface area contributed by atoms with Crippen LogP contribution in [0.1, 0.15) is 31.9 Å². The van der Waals surface area contributed by atoms with Gasteiger partial charge in [0.25, 0.3) is 0 Å². The van der Waals surface area contributed by atoms with Crippen molar-refractivity contribution in [1.82, 2.24) is 0 Å². The van der Waals surface area contributed by atoms with Crippen molar-refractivity contribution in [3.05, 3.63) is 29.3 Å². The summed E-state index contributed by atoms with van der Waals surface area (Å²) in [5.41, 5.74) is 1.50. The van der Waals surface area contributed by atoms with Crippen molar-refractivity contribution in [1.29, 1.82) is 5.26 Å². The van der Waals surface area contributed by atoms with E-state index in [9.17, 15) is 4.79 Å². The van der Waals surface area contributed by atoms with E-state index >= 15 is 0 Å². The zero-order valence-electron chi connectivity index (χ0n) is 11.2. The standard InChI is InChI=1S/C14H18N2O2/c1-10-6-5-7-12(11(10)8-15)16-13(17)9-18-14(2,3)4/h5-7H,9H2,1-4H3,(H,16,17). The van der Waals surface area contributed by atoms with Gasteiger partial charge >= 0.3 is 0 Å². The predicted octanol–water partition coefficient (Wildman–Crippen LogP) is 2.62. The molecule has 96 valence electrons. The van der Waals surface area contributed by atoms with Crippen LogP contribution in [0.2, 0.25) is 0 Å². The molecule has 1 N–H and O–H groups in total. The molecule has 0 atom stereocenters. The van der Waals surface area contributed by atoms with E-state index in [-0.39, 0.29) is 18.1 Å². The van der Waals surface area contributed by atoms with Gasteiger partial charge in [0.1, 0.15) is 12.7 Å². The first-order valence-corrected chi connectivity index (χ1v) is 5.77. The Bertz CT molecular complexity index is 482. The lowest BCUT2D eigenvalue weighted by Crippen LogP contribution is -2.27. The number of nitrogens with one attached hydrogen (secondary N) is 1. The smallest absolute Gasteiger partial charge is 0.250 e. The molecule has 1 aromatic carbocycles. The van der Waals surface area contributed by atoms with Gasteiger partial charge in [-0.25, -0.2) is 0 Å². The minimum atomic E-state index is -0.359. The van der Waals surface area contributed by atoms with Gasteiger partial charge in [-0.05, 0) is 39.3 Å². The average Bonchev–Trinajstić information content (AvgIpc) is 2.26. The van der Waals surface area contributed by atoms with Gasteiger partial charge < -0.3 is 10.1 Å². The summed E-state index contributed by atoms with van der Waals surface area (Å²) in [5, 5.41) is 11.7. The Kier molecular flexibility index (Phi) is 4.46. The maximum absolute atomic E-state index is 11.7. The molecule has 0 saturated heterocycles. The number of amides is 1. The summed E-state index contributed by atoms with van der Waals surface area (Å²) in [5.74, 6) is -0.257. The average molecular weight is 246 g/mol. The van der Waals surface area contributed by atoms with Crippen LogP contribution in [-0.4, -0.2) is 18.1 Å². The summed E-state index contributed by atoms with van der Waals surface area (Å²) in [6, 6.07) is 7.43. The molecule has 0 bridgehead atoms. The normalized spacial score (nSPS) is 10.8. The molecule has 4 nitrogen and oxygen atoms in total. The SMILES string of the molecule is Cc1cccc(NC(=O)COC(C)(C)C)c1C#N. The summed E-state index contributed by atoms with van der Waals surface area (Å²) < 4.78 is 5.37. The van der Waals surface area contributed by atoms with E-state index in [1.165, 1.54) is 0 Å². The number of anilines is 1. The molecule has 0 aliphatic carbocycles. The maximum Gasteiger partial charge on any atom is 0.250 e. The molecular weight excluding hydrogens is 228 g/mol. The first kappa shape index (κ1) is 14.2. The summed E-state index contributed by atoms with van der Waals surface area (Å²) >= 11 is 0. The van der Waals surface area contributed by atoms with E-state index in [1.807, 2.05) is 33.8 Å². The monoisotopic (exact) mass is 246 g/mol. The molecular formula is C14H18N2O2. The third-order valence-electron chi connectivity index (χ3n) is 2.29. The maximum atomic E-state index is 11.7. The van der Waals surface area contributed by atoms with Gasteiger partial charge in [-0.3, -0.25) is 4.79 Å². The van der Waals surface area contributed by atoms with Gasteiger partial charge in [-0.15, -0.1) is 0 Å². The minimum Gasteiger partial charge on any atom is -0.366 e. The third-order valence-corrected chi connectivity index (χ3v) is 2.29. The third kappa shape index (κ3) is 4.19. The second-order valence-electron chi connectivity index (χ2n) is 5.06. The molecule has 0 aromatic heterocycles. The molecule has 0 aliphatic heterocycles.